The van der Waals surface area contributed by atoms with Gasteiger partial charge in [0.1, 0.15) is 5.75 Å². The van der Waals surface area contributed by atoms with E-state index in [4.69, 9.17) is 32.7 Å². The minimum atomic E-state index is -0.722. The molecular weight excluding hydrogens is 599 g/mol. The maximum atomic E-state index is 13.1. The Balaban J connectivity index is 1.26. The van der Waals surface area contributed by atoms with Crippen LogP contribution >= 0.6 is 23.2 Å². The molecule has 4 rings (SSSR count). The van der Waals surface area contributed by atoms with Gasteiger partial charge in [0.05, 0.1) is 28.0 Å². The first kappa shape index (κ1) is 34.2. The molecule has 1 saturated heterocycles. The molecule has 10 heteroatoms. The quantitative estimate of drug-likeness (QED) is 0.210. The van der Waals surface area contributed by atoms with Crippen LogP contribution in [-0.2, 0) is 16.0 Å². The molecule has 0 aliphatic carbocycles. The Morgan fingerprint density at radius 1 is 0.955 bits per heavy atom. The second-order valence-electron chi connectivity index (χ2n) is 12.5. The van der Waals surface area contributed by atoms with E-state index >= 15 is 0 Å². The van der Waals surface area contributed by atoms with E-state index in [-0.39, 0.29) is 11.9 Å². The highest BCUT2D eigenvalue weighted by Gasteiger charge is 2.32. The lowest BCUT2D eigenvalue weighted by Crippen LogP contribution is -2.47. The van der Waals surface area contributed by atoms with Crippen LogP contribution in [0.25, 0.3) is 0 Å². The van der Waals surface area contributed by atoms with Gasteiger partial charge in [0.2, 0.25) is 5.91 Å². The van der Waals surface area contributed by atoms with Crippen LogP contribution < -0.4 is 14.5 Å². The van der Waals surface area contributed by atoms with Crippen molar-refractivity contribution in [3.05, 3.63) is 52.0 Å². The molecule has 0 spiro atoms. The van der Waals surface area contributed by atoms with Gasteiger partial charge in [-0.15, -0.1) is 0 Å². The van der Waals surface area contributed by atoms with Crippen molar-refractivity contribution in [3.63, 3.8) is 0 Å². The van der Waals surface area contributed by atoms with Crippen LogP contribution in [0.2, 0.25) is 10.0 Å². The smallest absolute Gasteiger partial charge is 0.411 e. The molecule has 2 aliphatic heterocycles. The first-order valence-corrected chi connectivity index (χ1v) is 16.8. The van der Waals surface area contributed by atoms with Gasteiger partial charge in [0.25, 0.3) is 0 Å². The number of hydrogen-bond donors (Lipinski definition) is 0. The van der Waals surface area contributed by atoms with Crippen LogP contribution in [0, 0.1) is 5.92 Å². The minimum absolute atomic E-state index is 0.00964. The molecule has 0 N–H and O–H groups in total. The van der Waals surface area contributed by atoms with Crippen molar-refractivity contribution in [3.8, 4) is 5.75 Å². The number of halogens is 2. The lowest BCUT2D eigenvalue weighted by molar-refractivity contribution is -0.120. The molecule has 0 saturated carbocycles. The zero-order chi connectivity index (χ0) is 31.8. The fourth-order valence-corrected chi connectivity index (χ4v) is 6.18. The van der Waals surface area contributed by atoms with Gasteiger partial charge >= 0.3 is 6.09 Å². The molecule has 1 unspecified atom stereocenters. The van der Waals surface area contributed by atoms with E-state index in [1.54, 1.807) is 16.7 Å². The summed E-state index contributed by atoms with van der Waals surface area (Å²) in [6, 6.07) is 11.7. The number of carbonyl (C=O) groups excluding carboxylic acids is 2. The molecule has 0 aromatic heterocycles. The Hall–Kier alpha value is -2.68. The summed E-state index contributed by atoms with van der Waals surface area (Å²) in [7, 11) is 0. The van der Waals surface area contributed by atoms with Gasteiger partial charge in [0.15, 0.2) is 6.23 Å². The topological polar surface area (TPSA) is 65.6 Å². The van der Waals surface area contributed by atoms with Gasteiger partial charge in [-0.25, -0.2) is 4.79 Å². The van der Waals surface area contributed by atoms with Crippen molar-refractivity contribution >= 4 is 46.6 Å². The predicted octanol–water partition coefficient (Wildman–Crippen LogP) is 7.49. The molecule has 0 radical (unpaired) electrons. The number of benzene rings is 2. The lowest BCUT2D eigenvalue weighted by Gasteiger charge is -2.36. The summed E-state index contributed by atoms with van der Waals surface area (Å²) in [4.78, 5) is 34.3. The van der Waals surface area contributed by atoms with Gasteiger partial charge in [-0.1, -0.05) is 49.2 Å². The number of aryl methyl sites for hydroxylation is 1. The van der Waals surface area contributed by atoms with Gasteiger partial charge in [-0.05, 0) is 82.7 Å². The molecular formula is C34H48Cl2N4O4. The third kappa shape index (κ3) is 8.95. The van der Waals surface area contributed by atoms with E-state index in [9.17, 15) is 9.59 Å². The molecule has 242 valence electrons. The Labute approximate surface area is 273 Å². The number of carbonyl (C=O) groups is 2. The van der Waals surface area contributed by atoms with E-state index in [1.165, 1.54) is 0 Å². The number of unbranched alkanes of at least 4 members (excludes halogenated alkanes) is 1. The monoisotopic (exact) mass is 646 g/mol. The number of rotatable bonds is 13. The van der Waals surface area contributed by atoms with Crippen LogP contribution in [0.5, 0.6) is 5.75 Å². The van der Waals surface area contributed by atoms with Crippen molar-refractivity contribution in [2.75, 3.05) is 55.7 Å². The highest BCUT2D eigenvalue weighted by molar-refractivity contribution is 6.43. The summed E-state index contributed by atoms with van der Waals surface area (Å²) in [6.45, 7) is 16.0. The standard InChI is InChI=1S/C34H48Cl2N4O4/c1-24(2)15-17-39(25(3)4)34(42)44-26(5)40-31-23-28(13-11-27(31)12-14-32(40)41)43-22-7-6-16-37-18-20-38(21-19-37)30-10-8-9-29(35)33(30)36/h8-11,13,23-26H,6-7,12,14-22H2,1-5H3. The number of fused-ring (bicyclic) bond motifs is 1. The normalized spacial score (nSPS) is 16.3. The van der Waals surface area contributed by atoms with E-state index in [0.717, 1.165) is 74.7 Å². The van der Waals surface area contributed by atoms with Gasteiger partial charge in [-0.3, -0.25) is 14.6 Å². The largest absolute Gasteiger partial charge is 0.494 e. The first-order valence-electron chi connectivity index (χ1n) is 16.0. The summed E-state index contributed by atoms with van der Waals surface area (Å²) in [5.74, 6) is 1.15. The number of hydrogen-bond acceptors (Lipinski definition) is 6. The molecule has 44 heavy (non-hydrogen) atoms. The Morgan fingerprint density at radius 3 is 2.41 bits per heavy atom. The molecule has 2 aromatic rings. The fourth-order valence-electron chi connectivity index (χ4n) is 5.76. The Bertz CT molecular complexity index is 1270. The maximum absolute atomic E-state index is 13.1. The third-order valence-corrected chi connectivity index (χ3v) is 9.22. The average Bonchev–Trinajstić information content (AvgIpc) is 2.98. The zero-order valence-corrected chi connectivity index (χ0v) is 28.4. The summed E-state index contributed by atoms with van der Waals surface area (Å²) in [6.07, 6.45) is 2.78. The molecule has 8 nitrogen and oxygen atoms in total. The highest BCUT2D eigenvalue weighted by Crippen LogP contribution is 2.34. The van der Waals surface area contributed by atoms with Crippen molar-refractivity contribution in [1.29, 1.82) is 0 Å². The molecule has 2 heterocycles. The van der Waals surface area contributed by atoms with Crippen LogP contribution in [0.15, 0.2) is 36.4 Å². The number of ether oxygens (including phenoxy) is 2. The van der Waals surface area contributed by atoms with E-state index in [0.29, 0.717) is 42.0 Å². The van der Waals surface area contributed by atoms with Crippen molar-refractivity contribution in [2.24, 2.45) is 5.92 Å². The third-order valence-electron chi connectivity index (χ3n) is 8.41. The molecule has 1 fully saturated rings. The van der Waals surface area contributed by atoms with Crippen LogP contribution in [0.1, 0.15) is 65.9 Å². The van der Waals surface area contributed by atoms with Gasteiger partial charge in [-0.2, -0.15) is 0 Å². The van der Waals surface area contributed by atoms with Crippen molar-refractivity contribution < 1.29 is 19.1 Å². The van der Waals surface area contributed by atoms with E-state index < -0.39 is 12.3 Å². The summed E-state index contributed by atoms with van der Waals surface area (Å²) in [5.41, 5.74) is 2.82. The fraction of sp³-hybridized carbons (Fsp3) is 0.588. The molecule has 2 aliphatic rings. The van der Waals surface area contributed by atoms with Crippen LogP contribution in [0.4, 0.5) is 16.2 Å². The number of anilines is 2. The van der Waals surface area contributed by atoms with Gasteiger partial charge < -0.3 is 19.3 Å². The number of amides is 2. The minimum Gasteiger partial charge on any atom is -0.494 e. The molecule has 1 atom stereocenters. The maximum Gasteiger partial charge on any atom is 0.411 e. The zero-order valence-electron chi connectivity index (χ0n) is 26.9. The second-order valence-corrected chi connectivity index (χ2v) is 13.2. The number of nitrogens with zero attached hydrogens (tertiary/aromatic N) is 4. The van der Waals surface area contributed by atoms with Crippen molar-refractivity contribution in [1.82, 2.24) is 9.80 Å². The number of piperazine rings is 1. The highest BCUT2D eigenvalue weighted by atomic mass is 35.5. The second kappa shape index (κ2) is 16.1. The van der Waals surface area contributed by atoms with E-state index in [2.05, 4.69) is 23.6 Å². The Kier molecular flexibility index (Phi) is 12.5. The van der Waals surface area contributed by atoms with Gasteiger partial charge in [0, 0.05) is 51.3 Å². The molecule has 2 aromatic carbocycles. The summed E-state index contributed by atoms with van der Waals surface area (Å²) in [5, 5.41) is 1.22. The average molecular weight is 648 g/mol. The summed E-state index contributed by atoms with van der Waals surface area (Å²) >= 11 is 12.6. The lowest BCUT2D eigenvalue weighted by atomic mass is 10.0. The van der Waals surface area contributed by atoms with Crippen LogP contribution in [0.3, 0.4) is 0 Å². The molecule has 2 amide bonds. The molecule has 0 bridgehead atoms. The first-order chi connectivity index (χ1) is 21.0. The van der Waals surface area contributed by atoms with Crippen LogP contribution in [-0.4, -0.2) is 79.9 Å². The SMILES string of the molecule is CC(C)CCN(C(=O)OC(C)N1C(=O)CCc2ccc(OCCCCN3CCN(c4cccc(Cl)c4Cl)CC3)cc21)C(C)C. The van der Waals surface area contributed by atoms with Crippen molar-refractivity contribution in [2.45, 2.75) is 79.0 Å². The Morgan fingerprint density at radius 2 is 1.70 bits per heavy atom. The van der Waals surface area contributed by atoms with E-state index in [1.807, 2.05) is 50.2 Å². The summed E-state index contributed by atoms with van der Waals surface area (Å²) < 4.78 is 12.0. The predicted molar refractivity (Wildman–Crippen MR) is 179 cm³/mol.